The largest absolute Gasteiger partial charge is 0.464 e. The van der Waals surface area contributed by atoms with Crippen molar-refractivity contribution in [1.29, 1.82) is 0 Å². The van der Waals surface area contributed by atoms with Gasteiger partial charge in [-0.2, -0.15) is 0 Å². The normalized spacial score (nSPS) is 14.0. The highest BCUT2D eigenvalue weighted by Gasteiger charge is 2.24. The third-order valence-electron chi connectivity index (χ3n) is 4.22. The average Bonchev–Trinajstić information content (AvgIpc) is 2.99. The highest BCUT2D eigenvalue weighted by Crippen LogP contribution is 2.25. The van der Waals surface area contributed by atoms with Crippen molar-refractivity contribution in [3.05, 3.63) is 44.3 Å². The lowest BCUT2D eigenvalue weighted by Crippen LogP contribution is -2.43. The van der Waals surface area contributed by atoms with Crippen LogP contribution >= 0.6 is 35.4 Å². The van der Waals surface area contributed by atoms with E-state index in [1.54, 1.807) is 23.1 Å². The smallest absolute Gasteiger partial charge is 0.358 e. The van der Waals surface area contributed by atoms with Crippen LogP contribution in [0.3, 0.4) is 0 Å². The second kappa shape index (κ2) is 8.95. The summed E-state index contributed by atoms with van der Waals surface area (Å²) < 4.78 is 11.9. The van der Waals surface area contributed by atoms with Crippen LogP contribution in [0.25, 0.3) is 0 Å². The van der Waals surface area contributed by atoms with Gasteiger partial charge in [-0.1, -0.05) is 29.3 Å². The summed E-state index contributed by atoms with van der Waals surface area (Å²) >= 11 is 17.4. The Balaban J connectivity index is 1.91. The fourth-order valence-electron chi connectivity index (χ4n) is 2.79. The van der Waals surface area contributed by atoms with E-state index in [1.165, 1.54) is 11.7 Å². The van der Waals surface area contributed by atoms with E-state index in [2.05, 4.69) is 10.3 Å². The summed E-state index contributed by atoms with van der Waals surface area (Å²) in [5.41, 5.74) is 0.890. The van der Waals surface area contributed by atoms with E-state index in [4.69, 9.17) is 44.9 Å². The molecule has 2 heterocycles. The molecule has 0 radical (unpaired) electrons. The van der Waals surface area contributed by atoms with E-state index in [0.717, 1.165) is 5.56 Å². The number of rotatable bonds is 4. The highest BCUT2D eigenvalue weighted by atomic mass is 35.5. The molecule has 2 N–H and O–H groups in total. The number of nitrogens with one attached hydrogen (secondary N) is 2. The number of H-pyrrole nitrogens is 1. The minimum Gasteiger partial charge on any atom is -0.464 e. The third kappa shape index (κ3) is 4.49. The second-order valence-electron chi connectivity index (χ2n) is 6.01. The summed E-state index contributed by atoms with van der Waals surface area (Å²) in [7, 11) is 1.26. The summed E-state index contributed by atoms with van der Waals surface area (Å²) in [4.78, 5) is 29.4. The summed E-state index contributed by atoms with van der Waals surface area (Å²) in [5.74, 6) is -0.460. The number of nitrogens with zero attached hydrogens (tertiary/aromatic N) is 2. The van der Waals surface area contributed by atoms with Crippen molar-refractivity contribution >= 4 is 53.2 Å². The maximum atomic E-state index is 12.5. The number of methoxy groups -OCH3 is 1. The summed E-state index contributed by atoms with van der Waals surface area (Å²) in [6.45, 7) is 2.09. The number of aromatic amines is 1. The van der Waals surface area contributed by atoms with Crippen LogP contribution in [0.1, 0.15) is 16.1 Å². The van der Waals surface area contributed by atoms with E-state index in [1.807, 2.05) is 0 Å². The van der Waals surface area contributed by atoms with Crippen LogP contribution in [-0.4, -0.2) is 59.9 Å². The molecule has 0 bridgehead atoms. The lowest BCUT2D eigenvalue weighted by molar-refractivity contribution is 0.0563. The maximum Gasteiger partial charge on any atom is 0.358 e. The molecule has 28 heavy (non-hydrogen) atoms. The van der Waals surface area contributed by atoms with Crippen molar-refractivity contribution in [2.45, 2.75) is 6.54 Å². The van der Waals surface area contributed by atoms with E-state index >= 15 is 0 Å². The van der Waals surface area contributed by atoms with Crippen LogP contribution in [0.15, 0.2) is 18.2 Å². The SMILES string of the molecule is COC(=O)c1c(NC(=O)N2CCOCC2)[nH]c(=S)n1Cc1ccc(Cl)c(Cl)c1. The Bertz CT molecular complexity index is 953. The monoisotopic (exact) mass is 444 g/mol. The number of imidazole rings is 1. The van der Waals surface area contributed by atoms with Crippen LogP contribution in [0.5, 0.6) is 0 Å². The molecule has 8 nitrogen and oxygen atoms in total. The fourth-order valence-corrected chi connectivity index (χ4v) is 3.37. The minimum absolute atomic E-state index is 0.111. The number of ether oxygens (including phenoxy) is 2. The number of carbonyl (C=O) groups excluding carboxylic acids is 2. The number of anilines is 1. The number of halogens is 2. The van der Waals surface area contributed by atoms with Crippen molar-refractivity contribution < 1.29 is 19.1 Å². The molecule has 0 atom stereocenters. The number of esters is 1. The van der Waals surface area contributed by atoms with Gasteiger partial charge in [-0.05, 0) is 29.9 Å². The quantitative estimate of drug-likeness (QED) is 0.555. The Morgan fingerprint density at radius 1 is 1.29 bits per heavy atom. The summed E-state index contributed by atoms with van der Waals surface area (Å²) in [6.07, 6.45) is 0. The molecule has 150 valence electrons. The van der Waals surface area contributed by atoms with Gasteiger partial charge in [0.1, 0.15) is 5.82 Å². The lowest BCUT2D eigenvalue weighted by atomic mass is 10.2. The van der Waals surface area contributed by atoms with Crippen LogP contribution < -0.4 is 5.32 Å². The van der Waals surface area contributed by atoms with Crippen molar-refractivity contribution in [2.75, 3.05) is 38.7 Å². The minimum atomic E-state index is -0.635. The van der Waals surface area contributed by atoms with Gasteiger partial charge in [0.15, 0.2) is 10.5 Å². The number of morpholine rings is 1. The molecule has 1 aromatic carbocycles. The number of aromatic nitrogens is 2. The third-order valence-corrected chi connectivity index (χ3v) is 5.28. The summed E-state index contributed by atoms with van der Waals surface area (Å²) in [6, 6.07) is 4.77. The molecule has 0 unspecified atom stereocenters. The molecule has 11 heteroatoms. The highest BCUT2D eigenvalue weighted by molar-refractivity contribution is 7.71. The van der Waals surface area contributed by atoms with Crippen molar-refractivity contribution in [1.82, 2.24) is 14.5 Å². The lowest BCUT2D eigenvalue weighted by Gasteiger charge is -2.26. The van der Waals surface area contributed by atoms with Gasteiger partial charge in [0, 0.05) is 13.1 Å². The van der Waals surface area contributed by atoms with Crippen molar-refractivity contribution in [2.24, 2.45) is 0 Å². The second-order valence-corrected chi connectivity index (χ2v) is 7.21. The van der Waals surface area contributed by atoms with E-state index in [0.29, 0.717) is 36.3 Å². The van der Waals surface area contributed by atoms with Crippen LogP contribution in [-0.2, 0) is 16.0 Å². The Morgan fingerprint density at radius 2 is 2.00 bits per heavy atom. The fraction of sp³-hybridized carbons (Fsp3) is 0.353. The Kier molecular flexibility index (Phi) is 6.61. The number of hydrogen-bond acceptors (Lipinski definition) is 5. The Hall–Kier alpha value is -2.07. The average molecular weight is 445 g/mol. The zero-order valence-corrected chi connectivity index (χ0v) is 17.3. The van der Waals surface area contributed by atoms with Crippen molar-refractivity contribution in [3.63, 3.8) is 0 Å². The standard InChI is InChI=1S/C17H18Cl2N4O4S/c1-26-15(24)13-14(20-16(25)22-4-6-27-7-5-22)21-17(28)23(13)9-10-2-3-11(18)12(19)8-10/h2-3,8H,4-7,9H2,1H3,(H,20,25)(H,21,28). The number of amides is 2. The van der Waals surface area contributed by atoms with Gasteiger partial charge in [0.2, 0.25) is 0 Å². The Labute approximate surface area is 176 Å². The van der Waals surface area contributed by atoms with Gasteiger partial charge in [-0.15, -0.1) is 0 Å². The molecular weight excluding hydrogens is 427 g/mol. The molecule has 0 saturated carbocycles. The number of hydrogen-bond donors (Lipinski definition) is 2. The van der Waals surface area contributed by atoms with Gasteiger partial charge >= 0.3 is 12.0 Å². The molecule has 3 rings (SSSR count). The van der Waals surface area contributed by atoms with Gasteiger partial charge in [-0.3, -0.25) is 5.32 Å². The molecule has 0 aliphatic carbocycles. The first kappa shape index (κ1) is 20.7. The first-order chi connectivity index (χ1) is 13.4. The van der Waals surface area contributed by atoms with Gasteiger partial charge in [-0.25, -0.2) is 9.59 Å². The molecule has 1 fully saturated rings. The number of carbonyl (C=O) groups is 2. The molecule has 0 spiro atoms. The molecule has 2 aromatic rings. The molecule has 2 amide bonds. The van der Waals surface area contributed by atoms with Crippen molar-refractivity contribution in [3.8, 4) is 0 Å². The molecule has 1 saturated heterocycles. The number of benzene rings is 1. The van der Waals surface area contributed by atoms with E-state index in [-0.39, 0.29) is 28.9 Å². The first-order valence-electron chi connectivity index (χ1n) is 8.39. The molecule has 1 aromatic heterocycles. The van der Waals surface area contributed by atoms with Gasteiger partial charge in [0.25, 0.3) is 0 Å². The molecular formula is C17H18Cl2N4O4S. The molecule has 1 aliphatic heterocycles. The Morgan fingerprint density at radius 3 is 2.64 bits per heavy atom. The van der Waals surface area contributed by atoms with Crippen LogP contribution in [0, 0.1) is 4.77 Å². The topological polar surface area (TPSA) is 88.6 Å². The maximum absolute atomic E-state index is 12.5. The van der Waals surface area contributed by atoms with Crippen LogP contribution in [0.2, 0.25) is 10.0 Å². The predicted molar refractivity (Wildman–Crippen MR) is 108 cm³/mol. The zero-order chi connectivity index (χ0) is 20.3. The predicted octanol–water partition coefficient (Wildman–Crippen LogP) is 3.55. The van der Waals surface area contributed by atoms with E-state index < -0.39 is 5.97 Å². The first-order valence-corrected chi connectivity index (χ1v) is 9.56. The van der Waals surface area contributed by atoms with Gasteiger partial charge < -0.3 is 23.9 Å². The molecule has 1 aliphatic rings. The zero-order valence-electron chi connectivity index (χ0n) is 15.0. The number of urea groups is 1. The van der Waals surface area contributed by atoms with Crippen LogP contribution in [0.4, 0.5) is 10.6 Å². The van der Waals surface area contributed by atoms with Gasteiger partial charge in [0.05, 0.1) is 36.9 Å². The van der Waals surface area contributed by atoms with E-state index in [9.17, 15) is 9.59 Å². The summed E-state index contributed by atoms with van der Waals surface area (Å²) in [5, 5.41) is 3.52.